The van der Waals surface area contributed by atoms with Crippen LogP contribution in [0.1, 0.15) is 19.4 Å². The molecule has 3 N–H and O–H groups in total. The minimum absolute atomic E-state index is 0.534. The molecule has 1 rings (SSSR count). The fraction of sp³-hybridized carbons (Fsp3) is 0.538. The summed E-state index contributed by atoms with van der Waals surface area (Å²) in [6, 6.07) is 7.30. The Morgan fingerprint density at radius 2 is 1.89 bits per heavy atom. The predicted octanol–water partition coefficient (Wildman–Crippen LogP) is 0.0438. The second kappa shape index (κ2) is 10.1. The van der Waals surface area contributed by atoms with Gasteiger partial charge in [-0.15, -0.1) is 0 Å². The Hall–Kier alpha value is -0.875. The van der Waals surface area contributed by atoms with E-state index in [0.29, 0.717) is 5.46 Å². The molecule has 0 bridgehead atoms. The Bertz CT molecular complexity index is 320. The van der Waals surface area contributed by atoms with Crippen LogP contribution in [0.3, 0.4) is 0 Å². The van der Waals surface area contributed by atoms with Crippen molar-refractivity contribution < 1.29 is 10.0 Å². The molecule has 0 fully saturated rings. The second-order valence-corrected chi connectivity index (χ2v) is 4.10. The summed E-state index contributed by atoms with van der Waals surface area (Å²) in [5, 5.41) is 21.3. The molecule has 1 aromatic rings. The molecule has 4 nitrogen and oxygen atoms in total. The first-order valence-electron chi connectivity index (χ1n) is 6.40. The monoisotopic (exact) mass is 252 g/mol. The lowest BCUT2D eigenvalue weighted by Crippen LogP contribution is -2.31. The van der Waals surface area contributed by atoms with E-state index in [1.54, 1.807) is 12.1 Å². The van der Waals surface area contributed by atoms with E-state index in [9.17, 15) is 0 Å². The zero-order chi connectivity index (χ0) is 14.0. The lowest BCUT2D eigenvalue weighted by Gasteiger charge is -2.10. The van der Waals surface area contributed by atoms with Gasteiger partial charge < -0.3 is 20.3 Å². The van der Waals surface area contributed by atoms with Crippen LogP contribution in [0, 0.1) is 0 Å². The first-order valence-corrected chi connectivity index (χ1v) is 6.40. The lowest BCUT2D eigenvalue weighted by atomic mass is 9.80. The molecule has 0 heterocycles. The second-order valence-electron chi connectivity index (χ2n) is 4.10. The summed E-state index contributed by atoms with van der Waals surface area (Å²) in [7, 11) is 2.68. The van der Waals surface area contributed by atoms with E-state index in [-0.39, 0.29) is 0 Å². The summed E-state index contributed by atoms with van der Waals surface area (Å²) in [4.78, 5) is 2.11. The molecule has 0 radical (unpaired) electrons. The van der Waals surface area contributed by atoms with Gasteiger partial charge in [0.25, 0.3) is 0 Å². The van der Waals surface area contributed by atoms with Gasteiger partial charge in [-0.1, -0.05) is 38.1 Å². The molecular weight excluding hydrogens is 227 g/mol. The highest BCUT2D eigenvalue weighted by Gasteiger charge is 2.10. The SMILES string of the molecule is CC.CN(C)CCNCc1cccc(B(O)O)c1. The van der Waals surface area contributed by atoms with Crippen molar-refractivity contribution in [1.82, 2.24) is 10.2 Å². The van der Waals surface area contributed by atoms with Crippen molar-refractivity contribution in [1.29, 1.82) is 0 Å². The predicted molar refractivity (Wildman–Crippen MR) is 77.9 cm³/mol. The number of rotatable bonds is 6. The summed E-state index contributed by atoms with van der Waals surface area (Å²) < 4.78 is 0. The molecule has 102 valence electrons. The average molecular weight is 252 g/mol. The van der Waals surface area contributed by atoms with E-state index in [1.807, 2.05) is 40.1 Å². The number of hydrogen-bond donors (Lipinski definition) is 3. The molecule has 0 spiro atoms. The number of likely N-dealkylation sites (N-methyl/N-ethyl adjacent to an activating group) is 1. The van der Waals surface area contributed by atoms with Crippen LogP contribution in [0.2, 0.25) is 0 Å². The molecule has 0 saturated carbocycles. The number of benzene rings is 1. The van der Waals surface area contributed by atoms with E-state index >= 15 is 0 Å². The standard InChI is InChI=1S/C11H19BN2O2.C2H6/c1-14(2)7-6-13-9-10-4-3-5-11(8-10)12(15)16;1-2/h3-5,8,13,15-16H,6-7,9H2,1-2H3;1-2H3. The van der Waals surface area contributed by atoms with Gasteiger partial charge in [-0.2, -0.15) is 0 Å². The number of nitrogens with one attached hydrogen (secondary N) is 1. The van der Waals surface area contributed by atoms with Crippen molar-refractivity contribution in [3.8, 4) is 0 Å². The maximum absolute atomic E-state index is 9.02. The molecule has 0 aliphatic heterocycles. The molecule has 0 atom stereocenters. The molecule has 0 aliphatic carbocycles. The first-order chi connectivity index (χ1) is 8.59. The third-order valence-corrected chi connectivity index (χ3v) is 2.31. The number of nitrogens with zero attached hydrogens (tertiary/aromatic N) is 1. The van der Waals surface area contributed by atoms with Gasteiger partial charge in [0.1, 0.15) is 0 Å². The van der Waals surface area contributed by atoms with Crippen LogP contribution >= 0.6 is 0 Å². The van der Waals surface area contributed by atoms with Gasteiger partial charge in [-0.3, -0.25) is 0 Å². The molecule has 5 heteroatoms. The van der Waals surface area contributed by atoms with Gasteiger partial charge in [-0.25, -0.2) is 0 Å². The summed E-state index contributed by atoms with van der Waals surface area (Å²) in [5.74, 6) is 0. The lowest BCUT2D eigenvalue weighted by molar-refractivity contribution is 0.400. The van der Waals surface area contributed by atoms with E-state index in [2.05, 4.69) is 10.2 Å². The van der Waals surface area contributed by atoms with Gasteiger partial charge in [0.05, 0.1) is 0 Å². The van der Waals surface area contributed by atoms with Gasteiger partial charge in [0.15, 0.2) is 0 Å². The van der Waals surface area contributed by atoms with E-state index in [0.717, 1.165) is 25.2 Å². The van der Waals surface area contributed by atoms with Crippen LogP contribution in [-0.2, 0) is 6.54 Å². The molecular formula is C13H25BN2O2. The zero-order valence-electron chi connectivity index (χ0n) is 11.8. The number of hydrogen-bond acceptors (Lipinski definition) is 4. The van der Waals surface area contributed by atoms with Crippen molar-refractivity contribution in [2.45, 2.75) is 20.4 Å². The molecule has 0 amide bonds. The average Bonchev–Trinajstić information content (AvgIpc) is 2.37. The first kappa shape index (κ1) is 17.1. The summed E-state index contributed by atoms with van der Waals surface area (Å²) in [6.07, 6.45) is 0. The largest absolute Gasteiger partial charge is 0.488 e. The molecule has 1 aromatic carbocycles. The van der Waals surface area contributed by atoms with Crippen molar-refractivity contribution in [3.63, 3.8) is 0 Å². The van der Waals surface area contributed by atoms with Crippen LogP contribution in [-0.4, -0.2) is 49.3 Å². The van der Waals surface area contributed by atoms with Crippen LogP contribution < -0.4 is 10.8 Å². The molecule has 0 saturated heterocycles. The smallest absolute Gasteiger partial charge is 0.423 e. The van der Waals surface area contributed by atoms with Crippen LogP contribution in [0.15, 0.2) is 24.3 Å². The molecule has 0 aromatic heterocycles. The summed E-state index contributed by atoms with van der Waals surface area (Å²) in [5.41, 5.74) is 1.59. The maximum Gasteiger partial charge on any atom is 0.488 e. The topological polar surface area (TPSA) is 55.7 Å². The Kier molecular flexibility index (Phi) is 9.59. The minimum Gasteiger partial charge on any atom is -0.423 e. The van der Waals surface area contributed by atoms with Gasteiger partial charge >= 0.3 is 7.12 Å². The highest BCUT2D eigenvalue weighted by atomic mass is 16.4. The fourth-order valence-electron chi connectivity index (χ4n) is 1.40. The van der Waals surface area contributed by atoms with Crippen molar-refractivity contribution in [3.05, 3.63) is 29.8 Å². The normalized spacial score (nSPS) is 9.94. The van der Waals surface area contributed by atoms with Crippen molar-refractivity contribution in [2.75, 3.05) is 27.2 Å². The van der Waals surface area contributed by atoms with Crippen LogP contribution in [0.5, 0.6) is 0 Å². The van der Waals surface area contributed by atoms with Gasteiger partial charge in [0, 0.05) is 19.6 Å². The Labute approximate surface area is 111 Å². The van der Waals surface area contributed by atoms with Gasteiger partial charge in [0.2, 0.25) is 0 Å². The Morgan fingerprint density at radius 1 is 1.22 bits per heavy atom. The Morgan fingerprint density at radius 3 is 2.44 bits per heavy atom. The fourth-order valence-corrected chi connectivity index (χ4v) is 1.40. The van der Waals surface area contributed by atoms with Crippen molar-refractivity contribution in [2.24, 2.45) is 0 Å². The molecule has 0 aliphatic rings. The molecule has 18 heavy (non-hydrogen) atoms. The summed E-state index contributed by atoms with van der Waals surface area (Å²) in [6.45, 7) is 6.65. The third-order valence-electron chi connectivity index (χ3n) is 2.31. The van der Waals surface area contributed by atoms with E-state index in [4.69, 9.17) is 10.0 Å². The highest BCUT2D eigenvalue weighted by molar-refractivity contribution is 6.58. The van der Waals surface area contributed by atoms with E-state index in [1.165, 1.54) is 0 Å². The highest BCUT2D eigenvalue weighted by Crippen LogP contribution is 1.96. The van der Waals surface area contributed by atoms with Crippen molar-refractivity contribution >= 4 is 12.6 Å². The third kappa shape index (κ3) is 7.45. The Balaban J connectivity index is 0.00000137. The minimum atomic E-state index is -1.39. The van der Waals surface area contributed by atoms with Gasteiger partial charge in [-0.05, 0) is 25.1 Å². The van der Waals surface area contributed by atoms with Crippen LogP contribution in [0.4, 0.5) is 0 Å². The maximum atomic E-state index is 9.02. The van der Waals surface area contributed by atoms with E-state index < -0.39 is 7.12 Å². The molecule has 0 unspecified atom stereocenters. The quantitative estimate of drug-likeness (QED) is 0.494. The summed E-state index contributed by atoms with van der Waals surface area (Å²) >= 11 is 0. The van der Waals surface area contributed by atoms with Crippen LogP contribution in [0.25, 0.3) is 0 Å². The zero-order valence-corrected chi connectivity index (χ0v) is 11.8.